The van der Waals surface area contributed by atoms with Crippen molar-refractivity contribution in [2.24, 2.45) is 0 Å². The fourth-order valence-electron chi connectivity index (χ4n) is 2.95. The first-order valence-corrected chi connectivity index (χ1v) is 7.93. The fraction of sp³-hybridized carbons (Fsp3) is 0.333. The van der Waals surface area contributed by atoms with Crippen LogP contribution in [0.15, 0.2) is 47.3 Å². The van der Waals surface area contributed by atoms with Crippen LogP contribution in [0.25, 0.3) is 0 Å². The highest BCUT2D eigenvalue weighted by Crippen LogP contribution is 2.21. The van der Waals surface area contributed by atoms with E-state index in [0.717, 1.165) is 25.9 Å². The molecule has 2 N–H and O–H groups in total. The summed E-state index contributed by atoms with van der Waals surface area (Å²) in [6.45, 7) is 3.93. The van der Waals surface area contributed by atoms with Gasteiger partial charge < -0.3 is 15.2 Å². The zero-order valence-electron chi connectivity index (χ0n) is 13.2. The topological polar surface area (TPSA) is 65.2 Å². The zero-order chi connectivity index (χ0) is 16.2. The van der Waals surface area contributed by atoms with E-state index >= 15 is 0 Å². The number of amides is 1. The number of carbonyl (C=O) groups is 1. The van der Waals surface area contributed by atoms with Crippen molar-refractivity contribution < 1.29 is 4.79 Å². The number of aromatic nitrogens is 1. The first kappa shape index (κ1) is 15.3. The lowest BCUT2D eigenvalue weighted by Gasteiger charge is -2.34. The largest absolute Gasteiger partial charge is 0.371 e. The van der Waals surface area contributed by atoms with Crippen molar-refractivity contribution in [1.82, 2.24) is 10.3 Å². The van der Waals surface area contributed by atoms with Gasteiger partial charge in [-0.2, -0.15) is 0 Å². The molecule has 0 radical (unpaired) electrons. The molecule has 0 spiro atoms. The average Bonchev–Trinajstić information content (AvgIpc) is 2.55. The highest BCUT2D eigenvalue weighted by atomic mass is 16.2. The molecule has 5 nitrogen and oxygen atoms in total. The van der Waals surface area contributed by atoms with Crippen molar-refractivity contribution in [2.75, 3.05) is 18.0 Å². The Bertz CT molecular complexity index is 746. The number of rotatable bonds is 3. The Morgan fingerprint density at radius 1 is 1.17 bits per heavy atom. The van der Waals surface area contributed by atoms with Gasteiger partial charge in [0.05, 0.1) is 0 Å². The van der Waals surface area contributed by atoms with E-state index in [0.29, 0.717) is 5.69 Å². The summed E-state index contributed by atoms with van der Waals surface area (Å²) in [7, 11) is 0. The lowest BCUT2D eigenvalue weighted by molar-refractivity contribution is 0.0926. The van der Waals surface area contributed by atoms with E-state index < -0.39 is 0 Å². The van der Waals surface area contributed by atoms with Crippen LogP contribution in [0.4, 0.5) is 5.69 Å². The number of pyridine rings is 1. The van der Waals surface area contributed by atoms with Crippen LogP contribution in [0.5, 0.6) is 0 Å². The Morgan fingerprint density at radius 2 is 1.91 bits per heavy atom. The van der Waals surface area contributed by atoms with Crippen LogP contribution in [0.1, 0.15) is 28.9 Å². The van der Waals surface area contributed by atoms with Gasteiger partial charge in [0.25, 0.3) is 5.91 Å². The summed E-state index contributed by atoms with van der Waals surface area (Å²) in [5, 5.41) is 3.01. The molecule has 2 aromatic rings. The number of benzene rings is 1. The maximum atomic E-state index is 12.2. The van der Waals surface area contributed by atoms with Crippen LogP contribution in [0.2, 0.25) is 0 Å². The molecule has 120 valence electrons. The van der Waals surface area contributed by atoms with Gasteiger partial charge >= 0.3 is 0 Å². The molecule has 0 atom stereocenters. The highest BCUT2D eigenvalue weighted by Gasteiger charge is 2.21. The van der Waals surface area contributed by atoms with Crippen LogP contribution >= 0.6 is 0 Å². The van der Waals surface area contributed by atoms with Crippen LogP contribution in [-0.4, -0.2) is 30.0 Å². The van der Waals surface area contributed by atoms with Crippen molar-refractivity contribution in [3.63, 3.8) is 0 Å². The van der Waals surface area contributed by atoms with Gasteiger partial charge in [-0.25, -0.2) is 0 Å². The maximum Gasteiger partial charge on any atom is 0.268 e. The Balaban J connectivity index is 1.57. The molecule has 0 aliphatic carbocycles. The van der Waals surface area contributed by atoms with E-state index in [1.165, 1.54) is 17.3 Å². The van der Waals surface area contributed by atoms with Crippen molar-refractivity contribution in [2.45, 2.75) is 25.8 Å². The molecule has 3 rings (SSSR count). The second-order valence-corrected chi connectivity index (χ2v) is 6.00. The van der Waals surface area contributed by atoms with Crippen LogP contribution < -0.4 is 15.8 Å². The second-order valence-electron chi connectivity index (χ2n) is 6.00. The smallest absolute Gasteiger partial charge is 0.268 e. The van der Waals surface area contributed by atoms with Gasteiger partial charge in [0.15, 0.2) is 0 Å². The monoisotopic (exact) mass is 311 g/mol. The molecule has 1 aromatic heterocycles. The van der Waals surface area contributed by atoms with Gasteiger partial charge in [0, 0.05) is 30.9 Å². The summed E-state index contributed by atoms with van der Waals surface area (Å²) in [6, 6.07) is 13.2. The van der Waals surface area contributed by atoms with E-state index in [4.69, 9.17) is 0 Å². The molecule has 1 aromatic carbocycles. The molecule has 5 heteroatoms. The number of carbonyl (C=O) groups excluding carboxylic acids is 1. The lowest BCUT2D eigenvalue weighted by atomic mass is 10.0. The number of H-pyrrole nitrogens is 1. The van der Waals surface area contributed by atoms with Gasteiger partial charge in [-0.1, -0.05) is 18.2 Å². The number of aromatic amines is 1. The van der Waals surface area contributed by atoms with Crippen LogP contribution in [0, 0.1) is 6.92 Å². The summed E-state index contributed by atoms with van der Waals surface area (Å²) in [4.78, 5) is 28.3. The molecular weight excluding hydrogens is 290 g/mol. The predicted octanol–water partition coefficient (Wildman–Crippen LogP) is 2.08. The zero-order valence-corrected chi connectivity index (χ0v) is 13.2. The third-order valence-corrected chi connectivity index (χ3v) is 4.21. The Hall–Kier alpha value is -2.56. The lowest BCUT2D eigenvalue weighted by Crippen LogP contribution is -2.45. The molecule has 2 heterocycles. The average molecular weight is 311 g/mol. The summed E-state index contributed by atoms with van der Waals surface area (Å²) < 4.78 is 0. The minimum absolute atomic E-state index is 0.146. The number of hydrogen-bond acceptors (Lipinski definition) is 3. The van der Waals surface area contributed by atoms with Crippen LogP contribution in [0.3, 0.4) is 0 Å². The van der Waals surface area contributed by atoms with Gasteiger partial charge in [0.1, 0.15) is 5.69 Å². The second kappa shape index (κ2) is 6.69. The molecular formula is C18H21N3O2. The number of hydrogen-bond donors (Lipinski definition) is 2. The fourth-order valence-corrected chi connectivity index (χ4v) is 2.95. The van der Waals surface area contributed by atoms with Gasteiger partial charge in [-0.05, 0) is 43.5 Å². The third-order valence-electron chi connectivity index (χ3n) is 4.21. The van der Waals surface area contributed by atoms with Crippen molar-refractivity contribution >= 4 is 11.6 Å². The molecule has 23 heavy (non-hydrogen) atoms. The van der Waals surface area contributed by atoms with Crippen molar-refractivity contribution in [3.05, 3.63) is 64.1 Å². The van der Waals surface area contributed by atoms with E-state index in [1.807, 2.05) is 0 Å². The molecule has 1 fully saturated rings. The molecule has 1 aliphatic heterocycles. The van der Waals surface area contributed by atoms with E-state index in [1.54, 1.807) is 12.1 Å². The van der Waals surface area contributed by atoms with E-state index in [2.05, 4.69) is 46.4 Å². The number of nitrogens with one attached hydrogen (secondary N) is 2. The minimum Gasteiger partial charge on any atom is -0.371 e. The minimum atomic E-state index is -0.257. The first-order chi connectivity index (χ1) is 11.1. The summed E-state index contributed by atoms with van der Waals surface area (Å²) in [6.07, 6.45) is 1.80. The van der Waals surface area contributed by atoms with Crippen molar-refractivity contribution in [1.29, 1.82) is 0 Å². The molecule has 0 unspecified atom stereocenters. The Labute approximate surface area is 135 Å². The predicted molar refractivity (Wildman–Crippen MR) is 90.9 cm³/mol. The molecule has 1 aliphatic rings. The Kier molecular flexibility index (Phi) is 4.46. The standard InChI is InChI=1S/C18H21N3O2/c1-13-4-2-5-15(12-13)21-10-8-14(9-11-21)19-18(23)16-6-3-7-17(22)20-16/h2-7,12,14H,8-11H2,1H3,(H,19,23)(H,20,22). The molecule has 1 saturated heterocycles. The van der Waals surface area contributed by atoms with Crippen molar-refractivity contribution in [3.8, 4) is 0 Å². The SMILES string of the molecule is Cc1cccc(N2CCC(NC(=O)c3cccc(=O)[nH]3)CC2)c1. The normalized spacial score (nSPS) is 15.4. The van der Waals surface area contributed by atoms with E-state index in [-0.39, 0.29) is 17.5 Å². The number of nitrogens with zero attached hydrogens (tertiary/aromatic N) is 1. The van der Waals surface area contributed by atoms with Gasteiger partial charge in [0.2, 0.25) is 5.56 Å². The molecule has 0 saturated carbocycles. The highest BCUT2D eigenvalue weighted by molar-refractivity contribution is 5.92. The Morgan fingerprint density at radius 3 is 2.61 bits per heavy atom. The number of piperidine rings is 1. The number of aryl methyl sites for hydroxylation is 1. The third kappa shape index (κ3) is 3.80. The van der Waals surface area contributed by atoms with E-state index in [9.17, 15) is 9.59 Å². The first-order valence-electron chi connectivity index (χ1n) is 7.93. The maximum absolute atomic E-state index is 12.2. The summed E-state index contributed by atoms with van der Waals surface area (Å²) >= 11 is 0. The van der Waals surface area contributed by atoms with Gasteiger partial charge in [-0.3, -0.25) is 9.59 Å². The molecule has 0 bridgehead atoms. The summed E-state index contributed by atoms with van der Waals surface area (Å²) in [5.74, 6) is -0.211. The molecule has 1 amide bonds. The summed E-state index contributed by atoms with van der Waals surface area (Å²) in [5.41, 5.74) is 2.55. The number of anilines is 1. The van der Waals surface area contributed by atoms with Crippen LogP contribution in [-0.2, 0) is 0 Å². The quantitative estimate of drug-likeness (QED) is 0.912. The van der Waals surface area contributed by atoms with Gasteiger partial charge in [-0.15, -0.1) is 0 Å².